The topological polar surface area (TPSA) is 99.7 Å². The molecule has 98 valence electrons. The number of sulfonamides is 1. The van der Waals surface area contributed by atoms with Crippen molar-refractivity contribution in [1.29, 1.82) is 5.26 Å². The molecule has 5 nitrogen and oxygen atoms in total. The van der Waals surface area contributed by atoms with Crippen LogP contribution in [0.1, 0.15) is 11.3 Å². The van der Waals surface area contributed by atoms with Crippen molar-refractivity contribution >= 4 is 10.0 Å². The molecule has 0 bridgehead atoms. The van der Waals surface area contributed by atoms with Gasteiger partial charge in [-0.25, -0.2) is 13.6 Å². The first-order valence-electron chi connectivity index (χ1n) is 5.67. The molecular weight excluding hydrogens is 262 g/mol. The summed E-state index contributed by atoms with van der Waals surface area (Å²) in [7, 11) is -3.43. The number of nitriles is 1. The molecule has 2 rings (SSSR count). The highest BCUT2D eigenvalue weighted by Crippen LogP contribution is 2.19. The van der Waals surface area contributed by atoms with Crippen LogP contribution in [-0.2, 0) is 16.4 Å². The molecule has 1 aromatic heterocycles. The van der Waals surface area contributed by atoms with Gasteiger partial charge in [-0.2, -0.15) is 5.26 Å². The van der Waals surface area contributed by atoms with E-state index in [4.69, 9.17) is 10.4 Å². The Bertz CT molecular complexity index is 709. The van der Waals surface area contributed by atoms with Gasteiger partial charge in [0.1, 0.15) is 11.8 Å². The Labute approximate surface area is 111 Å². The van der Waals surface area contributed by atoms with Crippen LogP contribution < -0.4 is 5.14 Å². The number of primary sulfonamides is 1. The first-order chi connectivity index (χ1) is 8.98. The second-order valence-corrected chi connectivity index (χ2v) is 5.95. The fourth-order valence-corrected chi connectivity index (χ4v) is 2.26. The lowest BCUT2D eigenvalue weighted by Crippen LogP contribution is -2.17. The first-order valence-corrected chi connectivity index (χ1v) is 7.38. The van der Waals surface area contributed by atoms with Crippen molar-refractivity contribution in [3.05, 3.63) is 47.7 Å². The molecule has 1 heterocycles. The lowest BCUT2D eigenvalue weighted by Gasteiger charge is -2.02. The number of aromatic amines is 1. The number of hydrogen-bond donors (Lipinski definition) is 2. The summed E-state index contributed by atoms with van der Waals surface area (Å²) in [6, 6.07) is 13.0. The van der Waals surface area contributed by atoms with E-state index in [1.165, 1.54) is 0 Å². The minimum absolute atomic E-state index is 0.0621. The van der Waals surface area contributed by atoms with Crippen molar-refractivity contribution in [3.63, 3.8) is 0 Å². The molecular formula is C13H13N3O2S. The van der Waals surface area contributed by atoms with Crippen LogP contribution in [0.2, 0.25) is 0 Å². The van der Waals surface area contributed by atoms with Crippen molar-refractivity contribution < 1.29 is 8.42 Å². The molecule has 0 aliphatic heterocycles. The van der Waals surface area contributed by atoms with Gasteiger partial charge in [0.05, 0.1) is 5.75 Å². The molecule has 19 heavy (non-hydrogen) atoms. The second kappa shape index (κ2) is 5.26. The van der Waals surface area contributed by atoms with Crippen molar-refractivity contribution in [2.75, 3.05) is 5.75 Å². The summed E-state index contributed by atoms with van der Waals surface area (Å²) in [4.78, 5) is 2.98. The quantitative estimate of drug-likeness (QED) is 0.881. The highest BCUT2D eigenvalue weighted by molar-refractivity contribution is 7.89. The van der Waals surface area contributed by atoms with Gasteiger partial charge >= 0.3 is 0 Å². The SMILES string of the molecule is N#Cc1ccc(-c2ccc(CCS(N)(=O)=O)cc2)[nH]1. The molecule has 3 N–H and O–H groups in total. The smallest absolute Gasteiger partial charge is 0.209 e. The minimum atomic E-state index is -3.43. The van der Waals surface area contributed by atoms with Crippen LogP contribution in [0.15, 0.2) is 36.4 Å². The number of H-pyrrole nitrogens is 1. The number of aromatic nitrogens is 1. The molecule has 0 saturated heterocycles. The van der Waals surface area contributed by atoms with Crippen LogP contribution in [0.5, 0.6) is 0 Å². The number of nitrogens with two attached hydrogens (primary N) is 1. The largest absolute Gasteiger partial charge is 0.346 e. The third-order valence-corrected chi connectivity index (χ3v) is 3.52. The Morgan fingerprint density at radius 3 is 2.37 bits per heavy atom. The molecule has 0 radical (unpaired) electrons. The Kier molecular flexibility index (Phi) is 3.69. The zero-order valence-corrected chi connectivity index (χ0v) is 10.9. The molecule has 0 saturated carbocycles. The summed E-state index contributed by atoms with van der Waals surface area (Å²) >= 11 is 0. The number of benzene rings is 1. The highest BCUT2D eigenvalue weighted by atomic mass is 32.2. The molecule has 0 unspecified atom stereocenters. The van der Waals surface area contributed by atoms with E-state index >= 15 is 0 Å². The Hall–Kier alpha value is -2.10. The van der Waals surface area contributed by atoms with Gasteiger partial charge in [0.25, 0.3) is 0 Å². The molecule has 0 atom stereocenters. The molecule has 0 amide bonds. The summed E-state index contributed by atoms with van der Waals surface area (Å²) in [5, 5.41) is 13.7. The average Bonchev–Trinajstić information content (AvgIpc) is 2.85. The molecule has 0 fully saturated rings. The third kappa shape index (κ3) is 3.68. The number of nitrogens with one attached hydrogen (secondary N) is 1. The van der Waals surface area contributed by atoms with E-state index in [-0.39, 0.29) is 5.75 Å². The average molecular weight is 275 g/mol. The van der Waals surface area contributed by atoms with Gasteiger partial charge in [0.2, 0.25) is 10.0 Å². The zero-order chi connectivity index (χ0) is 13.9. The Morgan fingerprint density at radius 2 is 1.84 bits per heavy atom. The van der Waals surface area contributed by atoms with Gasteiger partial charge in [0.15, 0.2) is 0 Å². The van der Waals surface area contributed by atoms with E-state index in [1.54, 1.807) is 6.07 Å². The maximum atomic E-state index is 10.9. The van der Waals surface area contributed by atoms with Gasteiger partial charge in [-0.1, -0.05) is 24.3 Å². The lowest BCUT2D eigenvalue weighted by molar-refractivity contribution is 0.597. The van der Waals surface area contributed by atoms with Crippen molar-refractivity contribution in [3.8, 4) is 17.3 Å². The number of rotatable bonds is 4. The van der Waals surface area contributed by atoms with Crippen LogP contribution >= 0.6 is 0 Å². The van der Waals surface area contributed by atoms with Crippen molar-refractivity contribution in [1.82, 2.24) is 4.98 Å². The van der Waals surface area contributed by atoms with Crippen LogP contribution in [0.3, 0.4) is 0 Å². The number of nitrogens with zero attached hydrogens (tertiary/aromatic N) is 1. The zero-order valence-electron chi connectivity index (χ0n) is 10.1. The fourth-order valence-electron chi connectivity index (χ4n) is 1.74. The first kappa shape index (κ1) is 13.3. The maximum Gasteiger partial charge on any atom is 0.209 e. The molecule has 0 aliphatic carbocycles. The van der Waals surface area contributed by atoms with E-state index in [0.717, 1.165) is 16.8 Å². The lowest BCUT2D eigenvalue weighted by atomic mass is 10.1. The normalized spacial score (nSPS) is 11.2. The minimum Gasteiger partial charge on any atom is -0.346 e. The molecule has 0 spiro atoms. The van der Waals surface area contributed by atoms with Gasteiger partial charge in [-0.05, 0) is 29.7 Å². The van der Waals surface area contributed by atoms with Crippen LogP contribution in [0.4, 0.5) is 0 Å². The van der Waals surface area contributed by atoms with Crippen molar-refractivity contribution in [2.24, 2.45) is 5.14 Å². The molecule has 2 aromatic rings. The van der Waals surface area contributed by atoms with Crippen molar-refractivity contribution in [2.45, 2.75) is 6.42 Å². The van der Waals surface area contributed by atoms with Crippen LogP contribution in [-0.4, -0.2) is 19.2 Å². The van der Waals surface area contributed by atoms with E-state index in [2.05, 4.69) is 4.98 Å². The Morgan fingerprint density at radius 1 is 1.16 bits per heavy atom. The molecule has 6 heteroatoms. The van der Waals surface area contributed by atoms with Gasteiger partial charge in [-0.3, -0.25) is 0 Å². The fraction of sp³-hybridized carbons (Fsp3) is 0.154. The monoisotopic (exact) mass is 275 g/mol. The summed E-state index contributed by atoms with van der Waals surface area (Å²) in [5.74, 6) is -0.0621. The van der Waals surface area contributed by atoms with E-state index in [1.807, 2.05) is 36.4 Å². The number of aryl methyl sites for hydroxylation is 1. The maximum absolute atomic E-state index is 10.9. The summed E-state index contributed by atoms with van der Waals surface area (Å²) < 4.78 is 21.7. The van der Waals surface area contributed by atoms with E-state index in [0.29, 0.717) is 12.1 Å². The summed E-state index contributed by atoms with van der Waals surface area (Å²) in [6.45, 7) is 0. The Balaban J connectivity index is 2.12. The summed E-state index contributed by atoms with van der Waals surface area (Å²) in [6.07, 6.45) is 0.396. The number of hydrogen-bond acceptors (Lipinski definition) is 3. The predicted molar refractivity (Wildman–Crippen MR) is 72.6 cm³/mol. The van der Waals surface area contributed by atoms with Gasteiger partial charge in [-0.15, -0.1) is 0 Å². The predicted octanol–water partition coefficient (Wildman–Crippen LogP) is 1.38. The van der Waals surface area contributed by atoms with Gasteiger partial charge < -0.3 is 4.98 Å². The van der Waals surface area contributed by atoms with E-state index in [9.17, 15) is 8.42 Å². The molecule has 1 aromatic carbocycles. The summed E-state index contributed by atoms with van der Waals surface area (Å²) in [5.41, 5.74) is 3.22. The van der Waals surface area contributed by atoms with Crippen LogP contribution in [0.25, 0.3) is 11.3 Å². The molecule has 0 aliphatic rings. The van der Waals surface area contributed by atoms with E-state index < -0.39 is 10.0 Å². The van der Waals surface area contributed by atoms with Gasteiger partial charge in [0, 0.05) is 5.69 Å². The van der Waals surface area contributed by atoms with Crippen LogP contribution in [0, 0.1) is 11.3 Å². The third-order valence-electron chi connectivity index (χ3n) is 2.75. The highest BCUT2D eigenvalue weighted by Gasteiger charge is 2.05. The standard InChI is InChI=1S/C13H13N3O2S/c14-9-12-5-6-13(16-12)11-3-1-10(2-4-11)7-8-19(15,17)18/h1-6,16H,7-8H2,(H2,15,17,18). The second-order valence-electron chi connectivity index (χ2n) is 4.21.